The molecule has 712 valence electrons. The molecule has 7 N–H and O–H groups in total. The van der Waals surface area contributed by atoms with Crippen molar-refractivity contribution in [3.8, 4) is 0 Å². The van der Waals surface area contributed by atoms with Crippen LogP contribution in [0, 0.1) is 0 Å². The van der Waals surface area contributed by atoms with Crippen LogP contribution in [0.25, 0.3) is 0 Å². The Morgan fingerprint density at radius 1 is 0.339 bits per heavy atom. The van der Waals surface area contributed by atoms with Gasteiger partial charge >= 0.3 is 31.7 Å². The Hall–Kier alpha value is -3.31. The van der Waals surface area contributed by atoms with E-state index < -0.39 is 143 Å². The average Bonchev–Trinajstić information content (AvgIpc) is 0.775. The predicted molar refractivity (Wildman–Crippen MR) is 486 cm³/mol. The van der Waals surface area contributed by atoms with Gasteiger partial charge in [-0.2, -0.15) is 0 Å². The molecular weight excluding hydrogens is 1560 g/mol. The number of hydrogen-bond acceptors (Lipinski definition) is 18. The van der Waals surface area contributed by atoms with Crippen molar-refractivity contribution in [3.05, 3.63) is 0 Å². The molecule has 23 heteroatoms. The lowest BCUT2D eigenvalue weighted by molar-refractivity contribution is -0.285. The number of rotatable bonds is 85. The number of ether oxygens (including phenoxy) is 7. The molecule has 4 unspecified atom stereocenters. The van der Waals surface area contributed by atoms with Gasteiger partial charge in [0.1, 0.15) is 54.9 Å². The van der Waals surface area contributed by atoms with E-state index in [2.05, 4.69) is 52.2 Å². The normalized spacial score (nSPS) is 20.1. The number of hydrogen-bond donors (Lipinski definition) is 7. The molecule has 22 nitrogen and oxygen atoms in total. The largest absolute Gasteiger partial charge is 0.470 e. The first-order valence-electron chi connectivity index (χ1n) is 50.7. The summed E-state index contributed by atoms with van der Waals surface area (Å²) in [6, 6.07) is -2.87. The van der Waals surface area contributed by atoms with Gasteiger partial charge in [0.25, 0.3) is 0 Å². The third kappa shape index (κ3) is 61.7. The summed E-state index contributed by atoms with van der Waals surface area (Å²) in [5.41, 5.74) is 0. The minimum atomic E-state index is -5.56. The summed E-state index contributed by atoms with van der Waals surface area (Å²) >= 11 is 0. The van der Waals surface area contributed by atoms with E-state index in [0.717, 1.165) is 173 Å². The molecule has 0 spiro atoms. The van der Waals surface area contributed by atoms with Crippen LogP contribution in [0.4, 0.5) is 0 Å². The fraction of sp³-hybridized carbons (Fsp3) is 0.939. The minimum absolute atomic E-state index is 0.140. The quantitative estimate of drug-likeness (QED) is 0.0129. The number of carbonyl (C=O) groups is 6. The highest BCUT2D eigenvalue weighted by Crippen LogP contribution is 2.43. The van der Waals surface area contributed by atoms with E-state index in [1.165, 1.54) is 186 Å². The lowest BCUT2D eigenvalue weighted by Gasteiger charge is -2.46. The zero-order valence-electron chi connectivity index (χ0n) is 78.2. The van der Waals surface area contributed by atoms with E-state index in [0.29, 0.717) is 51.4 Å². The second-order valence-electron chi connectivity index (χ2n) is 36.1. The standard InChI is InChI=1S/C98H185N2O20P/c1-8-14-20-26-32-38-42-48-54-60-66-72-88(104)115-81(69-63-58-53-47-41-35-29-23-17-11-4)75-86(102)99-92-80(7)114-85(94(108)95(92)109)79-113-98-93(100-87(103)76-82(70-64-57-51-45-36-30-24-18-12-5)116-89(105)73-67-61-55-49-43-39-33-27-21-15-9-2)97(96(84(78-101)118-98)120-121(110,111)112)119-91(107)77-83(71-65-59-52-46-37-31-25-19-13-6)117-90(106)74-68-62-56-50-44-40-34-28-22-16-10-3/h80-85,92-98,101,108-109H,8-79H2,1-7H3,(H,99,102)(H,100,103)(H2,110,111,112)/t80-,81-,82-,83-,84?,85?,92?,93?,94-,95-,96-,97-,98-/m1/s1. The third-order valence-electron chi connectivity index (χ3n) is 24.6. The molecule has 0 aliphatic carbocycles. The maximum atomic E-state index is 15.0. The van der Waals surface area contributed by atoms with Gasteiger partial charge in [-0.1, -0.05) is 395 Å². The topological polar surface area (TPSA) is 319 Å². The molecule has 13 atom stereocenters. The van der Waals surface area contributed by atoms with E-state index in [1.54, 1.807) is 6.92 Å². The highest BCUT2D eigenvalue weighted by molar-refractivity contribution is 7.46. The molecule has 0 aromatic heterocycles. The summed E-state index contributed by atoms with van der Waals surface area (Å²) in [6.45, 7) is 13.3. The Bertz CT molecular complexity index is 2530. The fourth-order valence-electron chi connectivity index (χ4n) is 17.1. The molecule has 0 bridgehead atoms. The molecule has 0 saturated carbocycles. The van der Waals surface area contributed by atoms with Crippen LogP contribution in [0.15, 0.2) is 0 Å². The number of amides is 2. The van der Waals surface area contributed by atoms with Gasteiger partial charge in [0.2, 0.25) is 11.8 Å². The van der Waals surface area contributed by atoms with Crippen LogP contribution >= 0.6 is 7.82 Å². The van der Waals surface area contributed by atoms with Gasteiger partial charge < -0.3 is 68.9 Å². The van der Waals surface area contributed by atoms with Crippen LogP contribution in [-0.2, 0) is 71.0 Å². The number of esters is 4. The number of phosphoric acid groups is 1. The van der Waals surface area contributed by atoms with E-state index in [4.69, 9.17) is 37.7 Å². The SMILES string of the molecule is CCCCCCCCCCCCCC(=O)O[C@H](CCCCCCCCCCC)CC(=O)NC1[C@H](OCC2O[C@H](C)C(NC(=O)C[C@@H](CCCCCCCCCCCC)OC(=O)CCCCCCCCCCCCC)[C@@H](O)[C@@H]2O)OC(CO)[C@@H](OP(=O)(O)O)[C@@H]1OC(=O)C[C@@H](CCCCCCCCCCC)OC(=O)CCCCCCCCCCCCC. The minimum Gasteiger partial charge on any atom is -0.462 e. The molecule has 0 aromatic carbocycles. The first-order valence-corrected chi connectivity index (χ1v) is 52.3. The zero-order chi connectivity index (χ0) is 88.5. The summed E-state index contributed by atoms with van der Waals surface area (Å²) < 4.78 is 62.3. The van der Waals surface area contributed by atoms with Crippen molar-refractivity contribution in [1.82, 2.24) is 10.6 Å². The summed E-state index contributed by atoms with van der Waals surface area (Å²) in [5.74, 6) is -3.52. The van der Waals surface area contributed by atoms with Crippen molar-refractivity contribution in [3.63, 3.8) is 0 Å². The molecule has 2 saturated heterocycles. The molecule has 0 aromatic rings. The molecular formula is C98H185N2O20P. The van der Waals surface area contributed by atoms with Crippen molar-refractivity contribution < 1.29 is 96.1 Å². The maximum absolute atomic E-state index is 15.0. The van der Waals surface area contributed by atoms with Gasteiger partial charge in [-0.3, -0.25) is 33.3 Å². The van der Waals surface area contributed by atoms with Crippen LogP contribution < -0.4 is 10.6 Å². The molecule has 2 heterocycles. The summed E-state index contributed by atoms with van der Waals surface area (Å²) in [7, 11) is -5.56. The van der Waals surface area contributed by atoms with Crippen LogP contribution in [-0.4, -0.2) is 153 Å². The van der Waals surface area contributed by atoms with Crippen LogP contribution in [0.2, 0.25) is 0 Å². The number of carbonyl (C=O) groups excluding carboxylic acids is 6. The van der Waals surface area contributed by atoms with Gasteiger partial charge in [-0.25, -0.2) is 4.57 Å². The highest BCUT2D eigenvalue weighted by atomic mass is 31.2. The Labute approximate surface area is 737 Å². The van der Waals surface area contributed by atoms with Gasteiger partial charge in [0.15, 0.2) is 12.4 Å². The lowest BCUT2D eigenvalue weighted by Crippen LogP contribution is -2.67. The Morgan fingerprint density at radius 2 is 0.612 bits per heavy atom. The van der Waals surface area contributed by atoms with Crippen LogP contribution in [0.5, 0.6) is 0 Å². The number of nitrogens with one attached hydrogen (secondary N) is 2. The molecule has 2 fully saturated rings. The molecule has 2 amide bonds. The number of aliphatic hydroxyl groups is 3. The van der Waals surface area contributed by atoms with Crippen molar-refractivity contribution in [2.45, 2.75) is 577 Å². The first-order chi connectivity index (χ1) is 58.7. The summed E-state index contributed by atoms with van der Waals surface area (Å²) in [5, 5.41) is 40.8. The van der Waals surface area contributed by atoms with Crippen molar-refractivity contribution >= 4 is 43.5 Å². The second kappa shape index (κ2) is 77.8. The Kier molecular flexibility index (Phi) is 73.1. The van der Waals surface area contributed by atoms with Crippen LogP contribution in [0.1, 0.15) is 498 Å². The predicted octanol–water partition coefficient (Wildman–Crippen LogP) is 23.8. The summed E-state index contributed by atoms with van der Waals surface area (Å²) in [4.78, 5) is 106. The third-order valence-corrected chi connectivity index (χ3v) is 25.2. The highest BCUT2D eigenvalue weighted by Gasteiger charge is 2.53. The average molecular weight is 1740 g/mol. The smallest absolute Gasteiger partial charge is 0.462 e. The van der Waals surface area contributed by atoms with Gasteiger partial charge in [-0.15, -0.1) is 0 Å². The van der Waals surface area contributed by atoms with Gasteiger partial charge in [0, 0.05) is 19.3 Å². The second-order valence-corrected chi connectivity index (χ2v) is 37.3. The first kappa shape index (κ1) is 114. The van der Waals surface area contributed by atoms with Crippen molar-refractivity contribution in [2.75, 3.05) is 13.2 Å². The number of phosphoric ester groups is 1. The number of unbranched alkanes of at least 4 members (excludes halogenated alkanes) is 55. The van der Waals surface area contributed by atoms with E-state index >= 15 is 4.79 Å². The van der Waals surface area contributed by atoms with E-state index in [-0.39, 0.29) is 31.7 Å². The van der Waals surface area contributed by atoms with Gasteiger partial charge in [-0.05, 0) is 64.7 Å². The van der Waals surface area contributed by atoms with E-state index in [9.17, 15) is 53.6 Å². The Morgan fingerprint density at radius 3 is 0.901 bits per heavy atom. The summed E-state index contributed by atoms with van der Waals surface area (Å²) in [6.07, 6.45) is 51.3. The molecule has 121 heavy (non-hydrogen) atoms. The van der Waals surface area contributed by atoms with Crippen molar-refractivity contribution in [1.29, 1.82) is 0 Å². The molecule has 0 radical (unpaired) electrons. The maximum Gasteiger partial charge on any atom is 0.470 e. The van der Waals surface area contributed by atoms with Crippen molar-refractivity contribution in [2.24, 2.45) is 0 Å². The van der Waals surface area contributed by atoms with E-state index in [1.807, 2.05) is 0 Å². The monoisotopic (exact) mass is 1740 g/mol. The molecule has 2 aliphatic rings. The molecule has 2 rings (SSSR count). The fourth-order valence-corrected chi connectivity index (χ4v) is 17.7. The molecule has 2 aliphatic heterocycles. The lowest BCUT2D eigenvalue weighted by atomic mass is 9.93. The number of aliphatic hydroxyl groups excluding tert-OH is 3. The Balaban J connectivity index is 2.58. The van der Waals surface area contributed by atoms with Gasteiger partial charge in [0.05, 0.1) is 44.6 Å². The van der Waals surface area contributed by atoms with Crippen LogP contribution in [0.3, 0.4) is 0 Å². The zero-order valence-corrected chi connectivity index (χ0v) is 79.1.